The van der Waals surface area contributed by atoms with Crippen LogP contribution in [-0.2, 0) is 16.1 Å². The second-order valence-corrected chi connectivity index (χ2v) is 8.19. The van der Waals surface area contributed by atoms with E-state index in [1.165, 1.54) is 31.5 Å². The number of nitrogens with one attached hydrogen (secondary N) is 2. The second kappa shape index (κ2) is 11.2. The van der Waals surface area contributed by atoms with E-state index in [-0.39, 0.29) is 28.0 Å². The highest BCUT2D eigenvalue weighted by Gasteiger charge is 2.26. The van der Waals surface area contributed by atoms with Gasteiger partial charge in [0.15, 0.2) is 0 Å². The molecule has 1 saturated heterocycles. The summed E-state index contributed by atoms with van der Waals surface area (Å²) in [5.74, 6) is -1.35. The Balaban J connectivity index is 1.71. The van der Waals surface area contributed by atoms with Crippen LogP contribution in [0.5, 0.6) is 0 Å². The summed E-state index contributed by atoms with van der Waals surface area (Å²) in [6, 6.07) is 4.52. The van der Waals surface area contributed by atoms with Gasteiger partial charge in [-0.2, -0.15) is 4.98 Å². The van der Waals surface area contributed by atoms with Crippen LogP contribution in [0.25, 0.3) is 0 Å². The van der Waals surface area contributed by atoms with Gasteiger partial charge < -0.3 is 20.3 Å². The molecule has 0 radical (unpaired) electrons. The first-order valence-electron chi connectivity index (χ1n) is 10.3. The minimum atomic E-state index is -1.09. The van der Waals surface area contributed by atoms with Crippen LogP contribution in [0.3, 0.4) is 0 Å². The molecule has 3 rings (SSSR count). The topological polar surface area (TPSA) is 123 Å². The normalized spacial score (nSPS) is 14.3. The van der Waals surface area contributed by atoms with E-state index in [1.54, 1.807) is 11.0 Å². The molecule has 1 aromatic carbocycles. The second-order valence-electron chi connectivity index (χ2n) is 7.37. The van der Waals surface area contributed by atoms with Crippen LogP contribution >= 0.6 is 23.2 Å². The van der Waals surface area contributed by atoms with Crippen molar-refractivity contribution in [2.45, 2.75) is 31.8 Å². The summed E-state index contributed by atoms with van der Waals surface area (Å²) in [5, 5.41) is 5.39. The molecule has 176 valence electrons. The number of anilines is 1. The summed E-state index contributed by atoms with van der Waals surface area (Å²) in [5.41, 5.74) is -0.683. The molecule has 12 heteroatoms. The van der Waals surface area contributed by atoms with Gasteiger partial charge in [-0.3, -0.25) is 9.36 Å². The molecule has 0 saturated carbocycles. The fraction of sp³-hybridized carbons (Fsp3) is 0.381. The molecule has 10 nitrogen and oxygen atoms in total. The molecular weight excluding hydrogens is 473 g/mol. The van der Waals surface area contributed by atoms with E-state index in [2.05, 4.69) is 15.6 Å². The number of aromatic nitrogens is 2. The fourth-order valence-electron chi connectivity index (χ4n) is 3.39. The molecule has 2 aromatic rings. The fourth-order valence-corrected chi connectivity index (χ4v) is 3.96. The van der Waals surface area contributed by atoms with Gasteiger partial charge in [-0.1, -0.05) is 29.3 Å². The monoisotopic (exact) mass is 495 g/mol. The zero-order valence-corrected chi connectivity index (χ0v) is 19.4. The summed E-state index contributed by atoms with van der Waals surface area (Å²) in [6.45, 7) is 1.01. The van der Waals surface area contributed by atoms with Crippen LogP contribution in [0.4, 0.5) is 10.6 Å². The lowest BCUT2D eigenvalue weighted by Gasteiger charge is -2.28. The molecule has 1 aliphatic rings. The van der Waals surface area contributed by atoms with E-state index < -0.39 is 29.6 Å². The minimum Gasteiger partial charge on any atom is -0.467 e. The number of urea groups is 1. The van der Waals surface area contributed by atoms with Crippen molar-refractivity contribution in [2.24, 2.45) is 0 Å². The number of methoxy groups -OCH3 is 1. The van der Waals surface area contributed by atoms with Crippen molar-refractivity contribution in [1.29, 1.82) is 0 Å². The SMILES string of the molecule is COC(=O)[C@H](Cn1ccc(NC(=O)c2c(Cl)cccc2Cl)nc1=O)NC(=O)N1CCCCC1. The zero-order valence-electron chi connectivity index (χ0n) is 17.8. The van der Waals surface area contributed by atoms with E-state index in [0.29, 0.717) is 13.1 Å². The number of carbonyl (C=O) groups is 3. The van der Waals surface area contributed by atoms with Crippen molar-refractivity contribution >= 4 is 46.9 Å². The van der Waals surface area contributed by atoms with E-state index in [0.717, 1.165) is 23.8 Å². The van der Waals surface area contributed by atoms with Gasteiger partial charge in [0.2, 0.25) is 0 Å². The lowest BCUT2D eigenvalue weighted by molar-refractivity contribution is -0.143. The number of benzene rings is 1. The average molecular weight is 496 g/mol. The number of hydrogen-bond donors (Lipinski definition) is 2. The molecule has 33 heavy (non-hydrogen) atoms. The molecule has 0 unspecified atom stereocenters. The predicted molar refractivity (Wildman–Crippen MR) is 123 cm³/mol. The van der Waals surface area contributed by atoms with E-state index in [9.17, 15) is 19.2 Å². The van der Waals surface area contributed by atoms with Crippen molar-refractivity contribution in [3.05, 3.63) is 56.6 Å². The van der Waals surface area contributed by atoms with Crippen LogP contribution in [0.1, 0.15) is 29.6 Å². The highest BCUT2D eigenvalue weighted by atomic mass is 35.5. The first-order chi connectivity index (χ1) is 15.8. The highest BCUT2D eigenvalue weighted by molar-refractivity contribution is 6.40. The van der Waals surface area contributed by atoms with Gasteiger partial charge in [-0.05, 0) is 37.5 Å². The Morgan fingerprint density at radius 2 is 1.79 bits per heavy atom. The Hall–Kier alpha value is -3.11. The Morgan fingerprint density at radius 1 is 1.12 bits per heavy atom. The molecule has 2 heterocycles. The van der Waals surface area contributed by atoms with Gasteiger partial charge in [0, 0.05) is 19.3 Å². The summed E-state index contributed by atoms with van der Waals surface area (Å²) >= 11 is 12.1. The number of halogens is 2. The summed E-state index contributed by atoms with van der Waals surface area (Å²) < 4.78 is 5.91. The molecule has 1 atom stereocenters. The van der Waals surface area contributed by atoms with Gasteiger partial charge in [0.1, 0.15) is 11.9 Å². The first kappa shape index (κ1) is 24.5. The lowest BCUT2D eigenvalue weighted by Crippen LogP contribution is -2.52. The van der Waals surface area contributed by atoms with Crippen LogP contribution in [0.15, 0.2) is 35.3 Å². The molecule has 0 bridgehead atoms. The number of hydrogen-bond acceptors (Lipinski definition) is 6. The lowest BCUT2D eigenvalue weighted by atomic mass is 10.1. The number of amides is 3. The third kappa shape index (κ3) is 6.23. The van der Waals surface area contributed by atoms with Crippen LogP contribution in [0.2, 0.25) is 10.0 Å². The number of esters is 1. The number of ether oxygens (including phenoxy) is 1. The molecule has 1 aliphatic heterocycles. The third-order valence-corrected chi connectivity index (χ3v) is 5.74. The molecular formula is C21H23Cl2N5O5. The number of nitrogens with zero attached hydrogens (tertiary/aromatic N) is 3. The largest absolute Gasteiger partial charge is 0.467 e. The summed E-state index contributed by atoms with van der Waals surface area (Å²) in [7, 11) is 1.20. The van der Waals surface area contributed by atoms with Crippen molar-refractivity contribution in [3.8, 4) is 0 Å². The Bertz CT molecular complexity index is 1080. The number of piperidine rings is 1. The third-order valence-electron chi connectivity index (χ3n) is 5.11. The van der Waals surface area contributed by atoms with Crippen molar-refractivity contribution in [1.82, 2.24) is 19.8 Å². The molecule has 0 spiro atoms. The number of carbonyl (C=O) groups excluding carboxylic acids is 3. The van der Waals surface area contributed by atoms with Gasteiger partial charge in [-0.25, -0.2) is 14.4 Å². The van der Waals surface area contributed by atoms with Gasteiger partial charge in [0.25, 0.3) is 5.91 Å². The molecule has 1 aromatic heterocycles. The predicted octanol–water partition coefficient (Wildman–Crippen LogP) is 2.54. The Kier molecular flexibility index (Phi) is 8.29. The zero-order chi connectivity index (χ0) is 24.0. The van der Waals surface area contributed by atoms with Gasteiger partial charge in [0.05, 0.1) is 29.3 Å². The van der Waals surface area contributed by atoms with Crippen LogP contribution < -0.4 is 16.3 Å². The maximum absolute atomic E-state index is 12.5. The number of rotatable bonds is 6. The average Bonchev–Trinajstić information content (AvgIpc) is 2.80. The standard InChI is InChI=1S/C21H23Cl2N5O5/c1-33-19(30)15(24-20(31)27-9-3-2-4-10-27)12-28-11-8-16(26-21(28)32)25-18(29)17-13(22)6-5-7-14(17)23/h5-8,11,15H,2-4,9-10,12H2,1H3,(H,24,31)(H,25,26,29,32)/t15-/m0/s1. The maximum Gasteiger partial charge on any atom is 0.349 e. The maximum atomic E-state index is 12.5. The molecule has 1 fully saturated rings. The van der Waals surface area contributed by atoms with E-state index >= 15 is 0 Å². The Morgan fingerprint density at radius 3 is 2.39 bits per heavy atom. The van der Waals surface area contributed by atoms with Gasteiger partial charge >= 0.3 is 17.7 Å². The molecule has 0 aliphatic carbocycles. The number of likely N-dealkylation sites (tertiary alicyclic amines) is 1. The van der Waals surface area contributed by atoms with Crippen molar-refractivity contribution in [3.63, 3.8) is 0 Å². The minimum absolute atomic E-state index is 0.0239. The van der Waals surface area contributed by atoms with E-state index in [1.807, 2.05) is 0 Å². The highest BCUT2D eigenvalue weighted by Crippen LogP contribution is 2.24. The molecule has 3 amide bonds. The van der Waals surface area contributed by atoms with E-state index in [4.69, 9.17) is 27.9 Å². The van der Waals surface area contributed by atoms with Crippen LogP contribution in [-0.4, -0.2) is 58.6 Å². The summed E-state index contributed by atoms with van der Waals surface area (Å²) in [4.78, 5) is 55.1. The first-order valence-corrected chi connectivity index (χ1v) is 11.0. The Labute approximate surface area is 199 Å². The van der Waals surface area contributed by atoms with Gasteiger partial charge in [-0.15, -0.1) is 0 Å². The van der Waals surface area contributed by atoms with Crippen LogP contribution in [0, 0.1) is 0 Å². The van der Waals surface area contributed by atoms with Crippen molar-refractivity contribution < 1.29 is 19.1 Å². The summed E-state index contributed by atoms with van der Waals surface area (Å²) in [6.07, 6.45) is 4.19. The quantitative estimate of drug-likeness (QED) is 0.593. The smallest absolute Gasteiger partial charge is 0.349 e. The van der Waals surface area contributed by atoms with Crippen molar-refractivity contribution in [2.75, 3.05) is 25.5 Å². The molecule has 2 N–H and O–H groups in total.